The molecular formula is C13H17N5O. The Kier molecular flexibility index (Phi) is 2.87. The molecule has 19 heavy (non-hydrogen) atoms. The Morgan fingerprint density at radius 2 is 2.37 bits per heavy atom. The normalized spacial score (nSPS) is 20.7. The van der Waals surface area contributed by atoms with Gasteiger partial charge in [-0.05, 0) is 25.1 Å². The Morgan fingerprint density at radius 1 is 1.53 bits per heavy atom. The first-order valence-electron chi connectivity index (χ1n) is 6.39. The molecule has 6 nitrogen and oxygen atoms in total. The number of nitrogens with two attached hydrogens (primary N) is 1. The Balaban J connectivity index is 1.83. The van der Waals surface area contributed by atoms with Gasteiger partial charge in [-0.1, -0.05) is 0 Å². The van der Waals surface area contributed by atoms with Crippen LogP contribution in [0.1, 0.15) is 12.7 Å². The largest absolute Gasteiger partial charge is 0.399 e. The molecule has 1 saturated heterocycles. The smallest absolute Gasteiger partial charge is 0.237 e. The third-order valence-electron chi connectivity index (χ3n) is 3.53. The van der Waals surface area contributed by atoms with Crippen molar-refractivity contribution in [3.63, 3.8) is 0 Å². The first-order valence-corrected chi connectivity index (χ1v) is 6.39. The van der Waals surface area contributed by atoms with E-state index < -0.39 is 0 Å². The second kappa shape index (κ2) is 4.55. The van der Waals surface area contributed by atoms with E-state index in [0.717, 1.165) is 23.4 Å². The quantitative estimate of drug-likeness (QED) is 0.684. The summed E-state index contributed by atoms with van der Waals surface area (Å²) in [7, 11) is 0. The number of hydrogen-bond donors (Lipinski definition) is 3. The Hall–Kier alpha value is -2.08. The summed E-state index contributed by atoms with van der Waals surface area (Å²) in [6.07, 6.45) is 0. The van der Waals surface area contributed by atoms with Gasteiger partial charge in [-0.3, -0.25) is 9.69 Å². The van der Waals surface area contributed by atoms with E-state index in [-0.39, 0.29) is 11.9 Å². The van der Waals surface area contributed by atoms with Crippen molar-refractivity contribution >= 4 is 22.6 Å². The van der Waals surface area contributed by atoms with Crippen LogP contribution in [0.5, 0.6) is 0 Å². The number of carbonyl (C=O) groups excluding carboxylic acids is 1. The molecule has 0 spiro atoms. The lowest BCUT2D eigenvalue weighted by molar-refractivity contribution is -0.128. The van der Waals surface area contributed by atoms with Gasteiger partial charge >= 0.3 is 0 Å². The predicted octanol–water partition coefficient (Wildman–Crippen LogP) is 0.465. The van der Waals surface area contributed by atoms with Crippen molar-refractivity contribution in [2.45, 2.75) is 19.5 Å². The third-order valence-corrected chi connectivity index (χ3v) is 3.53. The summed E-state index contributed by atoms with van der Waals surface area (Å²) in [5, 5.41) is 2.85. The number of nitrogen functional groups attached to an aromatic ring is 1. The lowest BCUT2D eigenvalue weighted by Crippen LogP contribution is -2.53. The molecule has 6 heteroatoms. The number of amides is 1. The van der Waals surface area contributed by atoms with Crippen LogP contribution in [-0.2, 0) is 11.3 Å². The second-order valence-corrected chi connectivity index (χ2v) is 4.90. The maximum absolute atomic E-state index is 11.6. The van der Waals surface area contributed by atoms with Gasteiger partial charge in [0.05, 0.1) is 23.6 Å². The maximum Gasteiger partial charge on any atom is 0.237 e. The molecule has 0 bridgehead atoms. The standard InChI is InChI=1S/C13H17N5O/c1-8-13(19)15-4-5-18(8)7-12-16-10-3-2-9(14)6-11(10)17-12/h2-3,6,8H,4-5,7,14H2,1H3,(H,15,19)(H,16,17). The van der Waals surface area contributed by atoms with E-state index in [1.54, 1.807) is 0 Å². The molecule has 1 aliphatic heterocycles. The number of hydrogen-bond acceptors (Lipinski definition) is 4. The number of aromatic nitrogens is 2. The van der Waals surface area contributed by atoms with E-state index in [1.165, 1.54) is 0 Å². The molecule has 1 unspecified atom stereocenters. The number of H-pyrrole nitrogens is 1. The van der Waals surface area contributed by atoms with Gasteiger partial charge in [-0.2, -0.15) is 0 Å². The average molecular weight is 259 g/mol. The molecule has 0 saturated carbocycles. The molecule has 2 heterocycles. The molecule has 1 amide bonds. The highest BCUT2D eigenvalue weighted by molar-refractivity contribution is 5.82. The summed E-state index contributed by atoms with van der Waals surface area (Å²) in [4.78, 5) is 21.5. The summed E-state index contributed by atoms with van der Waals surface area (Å²) in [6.45, 7) is 4.08. The fourth-order valence-electron chi connectivity index (χ4n) is 2.39. The van der Waals surface area contributed by atoms with E-state index in [4.69, 9.17) is 5.73 Å². The van der Waals surface area contributed by atoms with E-state index in [0.29, 0.717) is 18.8 Å². The fourth-order valence-corrected chi connectivity index (χ4v) is 2.39. The van der Waals surface area contributed by atoms with Crippen LogP contribution in [0.3, 0.4) is 0 Å². The molecule has 4 N–H and O–H groups in total. The van der Waals surface area contributed by atoms with Gasteiger partial charge in [0.2, 0.25) is 5.91 Å². The van der Waals surface area contributed by atoms with E-state index in [1.807, 2.05) is 25.1 Å². The Morgan fingerprint density at radius 3 is 3.21 bits per heavy atom. The van der Waals surface area contributed by atoms with Crippen LogP contribution in [0.2, 0.25) is 0 Å². The molecular weight excluding hydrogens is 242 g/mol. The number of benzene rings is 1. The van der Waals surface area contributed by atoms with Crippen molar-refractivity contribution in [1.82, 2.24) is 20.2 Å². The number of nitrogens with one attached hydrogen (secondary N) is 2. The van der Waals surface area contributed by atoms with Crippen molar-refractivity contribution in [3.8, 4) is 0 Å². The number of aromatic amines is 1. The van der Waals surface area contributed by atoms with Crippen LogP contribution < -0.4 is 11.1 Å². The lowest BCUT2D eigenvalue weighted by atomic mass is 10.2. The molecule has 3 rings (SSSR count). The van der Waals surface area contributed by atoms with Gasteiger partial charge in [0.25, 0.3) is 0 Å². The van der Waals surface area contributed by atoms with Gasteiger partial charge in [0, 0.05) is 18.8 Å². The predicted molar refractivity (Wildman–Crippen MR) is 73.4 cm³/mol. The number of fused-ring (bicyclic) bond motifs is 1. The maximum atomic E-state index is 11.6. The first-order chi connectivity index (χ1) is 9.13. The van der Waals surface area contributed by atoms with Gasteiger partial charge in [-0.15, -0.1) is 0 Å². The van der Waals surface area contributed by atoms with Crippen LogP contribution in [-0.4, -0.2) is 39.9 Å². The summed E-state index contributed by atoms with van der Waals surface area (Å²) in [5.41, 5.74) is 8.30. The lowest BCUT2D eigenvalue weighted by Gasteiger charge is -2.31. The zero-order chi connectivity index (χ0) is 13.4. The second-order valence-electron chi connectivity index (χ2n) is 4.90. The van der Waals surface area contributed by atoms with Crippen LogP contribution >= 0.6 is 0 Å². The number of carbonyl (C=O) groups is 1. The fraction of sp³-hybridized carbons (Fsp3) is 0.385. The number of rotatable bonds is 2. The Bertz CT molecular complexity index is 621. The number of imidazole rings is 1. The Labute approximate surface area is 111 Å². The highest BCUT2D eigenvalue weighted by Gasteiger charge is 2.25. The molecule has 1 aromatic carbocycles. The summed E-state index contributed by atoms with van der Waals surface area (Å²) in [5.74, 6) is 0.939. The minimum Gasteiger partial charge on any atom is -0.399 e. The van der Waals surface area contributed by atoms with Crippen molar-refractivity contribution < 1.29 is 4.79 Å². The number of nitrogens with zero attached hydrogens (tertiary/aromatic N) is 2. The molecule has 1 aromatic heterocycles. The molecule has 1 fully saturated rings. The highest BCUT2D eigenvalue weighted by atomic mass is 16.2. The SMILES string of the molecule is CC1C(=O)NCCN1Cc1nc2ccc(N)cc2[nH]1. The monoisotopic (exact) mass is 259 g/mol. The van der Waals surface area contributed by atoms with Gasteiger partial charge in [-0.25, -0.2) is 4.98 Å². The van der Waals surface area contributed by atoms with Crippen molar-refractivity contribution in [2.75, 3.05) is 18.8 Å². The van der Waals surface area contributed by atoms with Crippen LogP contribution in [0.25, 0.3) is 11.0 Å². The van der Waals surface area contributed by atoms with Crippen LogP contribution in [0.15, 0.2) is 18.2 Å². The molecule has 0 aliphatic carbocycles. The summed E-state index contributed by atoms with van der Waals surface area (Å²) >= 11 is 0. The van der Waals surface area contributed by atoms with Gasteiger partial charge in [0.15, 0.2) is 0 Å². The van der Waals surface area contributed by atoms with E-state index in [9.17, 15) is 4.79 Å². The first kappa shape index (κ1) is 12.0. The molecule has 1 atom stereocenters. The number of piperazine rings is 1. The summed E-state index contributed by atoms with van der Waals surface area (Å²) in [6, 6.07) is 5.49. The van der Waals surface area contributed by atoms with Crippen molar-refractivity contribution in [1.29, 1.82) is 0 Å². The van der Waals surface area contributed by atoms with E-state index >= 15 is 0 Å². The summed E-state index contributed by atoms with van der Waals surface area (Å²) < 4.78 is 0. The number of anilines is 1. The average Bonchev–Trinajstić information content (AvgIpc) is 2.76. The minimum absolute atomic E-state index is 0.0756. The van der Waals surface area contributed by atoms with Gasteiger partial charge < -0.3 is 16.0 Å². The van der Waals surface area contributed by atoms with Crippen molar-refractivity contribution in [3.05, 3.63) is 24.0 Å². The topological polar surface area (TPSA) is 87.0 Å². The third kappa shape index (κ3) is 2.26. The van der Waals surface area contributed by atoms with Crippen molar-refractivity contribution in [2.24, 2.45) is 0 Å². The van der Waals surface area contributed by atoms with Crippen LogP contribution in [0.4, 0.5) is 5.69 Å². The molecule has 2 aromatic rings. The molecule has 1 aliphatic rings. The zero-order valence-electron chi connectivity index (χ0n) is 10.8. The van der Waals surface area contributed by atoms with Crippen LogP contribution in [0, 0.1) is 0 Å². The van der Waals surface area contributed by atoms with Gasteiger partial charge in [0.1, 0.15) is 5.82 Å². The molecule has 0 radical (unpaired) electrons. The minimum atomic E-state index is -0.118. The molecule has 100 valence electrons. The highest BCUT2D eigenvalue weighted by Crippen LogP contribution is 2.16. The van der Waals surface area contributed by atoms with E-state index in [2.05, 4.69) is 20.2 Å². The zero-order valence-corrected chi connectivity index (χ0v) is 10.8.